The molecule has 0 fully saturated rings. The third-order valence-corrected chi connectivity index (χ3v) is 5.41. The average molecular weight is 476 g/mol. The fourth-order valence-corrected chi connectivity index (χ4v) is 3.77. The van der Waals surface area contributed by atoms with E-state index in [0.717, 1.165) is 0 Å². The van der Waals surface area contributed by atoms with E-state index in [0.29, 0.717) is 32.2 Å². The van der Waals surface area contributed by atoms with Gasteiger partial charge in [-0.15, -0.1) is 0 Å². The van der Waals surface area contributed by atoms with Gasteiger partial charge in [-0.05, 0) is 55.3 Å². The predicted molar refractivity (Wildman–Crippen MR) is 120 cm³/mol. The molecule has 0 radical (unpaired) electrons. The minimum Gasteiger partial charge on any atom is -0.366 e. The number of hydrogen-bond acceptors (Lipinski definition) is 6. The number of aryl methyl sites for hydroxylation is 2. The van der Waals surface area contributed by atoms with E-state index in [1.54, 1.807) is 32.0 Å². The number of primary amides is 1. The van der Waals surface area contributed by atoms with Gasteiger partial charge < -0.3 is 21.1 Å². The van der Waals surface area contributed by atoms with Crippen molar-refractivity contribution in [2.75, 3.05) is 4.90 Å². The van der Waals surface area contributed by atoms with Crippen LogP contribution in [0.2, 0.25) is 10.0 Å². The molecule has 0 atom stereocenters. The van der Waals surface area contributed by atoms with Crippen LogP contribution in [0.1, 0.15) is 31.8 Å². The highest BCUT2D eigenvalue weighted by Crippen LogP contribution is 2.33. The number of halogens is 2. The molecule has 32 heavy (non-hydrogen) atoms. The highest BCUT2D eigenvalue weighted by atomic mass is 35.5. The smallest absolute Gasteiger partial charge is 0.366 e. The van der Waals surface area contributed by atoms with Crippen molar-refractivity contribution in [1.29, 1.82) is 0 Å². The van der Waals surface area contributed by atoms with Gasteiger partial charge >= 0.3 is 6.10 Å². The molecule has 0 unspecified atom stereocenters. The van der Waals surface area contributed by atoms with Crippen molar-refractivity contribution in [3.05, 3.63) is 81.0 Å². The lowest BCUT2D eigenvalue weighted by atomic mass is 10.0. The lowest BCUT2D eigenvalue weighted by Crippen LogP contribution is -2.53. The van der Waals surface area contributed by atoms with Gasteiger partial charge in [0.15, 0.2) is 0 Å². The highest BCUT2D eigenvalue weighted by Gasteiger charge is 2.39. The number of rotatable bonds is 5. The van der Waals surface area contributed by atoms with E-state index in [9.17, 15) is 24.9 Å². The second-order valence-corrected chi connectivity index (χ2v) is 7.91. The molecule has 0 aliphatic carbocycles. The van der Waals surface area contributed by atoms with Crippen molar-refractivity contribution in [3.63, 3.8) is 0 Å². The first-order valence-electron chi connectivity index (χ1n) is 9.25. The maximum Gasteiger partial charge on any atom is 0.377 e. The molecule has 0 aliphatic heterocycles. The minimum absolute atomic E-state index is 0.0295. The number of carbonyl (C=O) groups is 2. The van der Waals surface area contributed by atoms with Crippen LogP contribution < -0.4 is 10.6 Å². The number of amides is 2. The van der Waals surface area contributed by atoms with Gasteiger partial charge in [0.2, 0.25) is 5.91 Å². The van der Waals surface area contributed by atoms with E-state index in [1.807, 2.05) is 0 Å². The van der Waals surface area contributed by atoms with Crippen molar-refractivity contribution >= 4 is 40.8 Å². The summed E-state index contributed by atoms with van der Waals surface area (Å²) in [5, 5.41) is 30.3. The Morgan fingerprint density at radius 1 is 1.00 bits per heavy atom. The summed E-state index contributed by atoms with van der Waals surface area (Å²) in [5.41, 5.74) is 7.21. The number of nitrogens with two attached hydrogens (primary N) is 1. The summed E-state index contributed by atoms with van der Waals surface area (Å²) in [7, 11) is 0. The third-order valence-electron chi connectivity index (χ3n) is 4.76. The van der Waals surface area contributed by atoms with Crippen molar-refractivity contribution in [1.82, 2.24) is 4.98 Å². The second-order valence-electron chi connectivity index (χ2n) is 7.10. The van der Waals surface area contributed by atoms with Gasteiger partial charge in [0, 0.05) is 27.9 Å². The Labute approximate surface area is 193 Å². The number of carbonyl (C=O) groups excluding carboxylic acids is 2. The van der Waals surface area contributed by atoms with Gasteiger partial charge in [0.25, 0.3) is 5.91 Å². The van der Waals surface area contributed by atoms with Crippen LogP contribution in [-0.4, -0.2) is 38.2 Å². The van der Waals surface area contributed by atoms with Gasteiger partial charge in [-0.25, -0.2) is 9.88 Å². The fraction of sp³-hybridized carbons (Fsp3) is 0.136. The van der Waals surface area contributed by atoms with Crippen molar-refractivity contribution in [3.8, 4) is 11.1 Å². The molecular formula is C22H19Cl2N3O5. The topological polar surface area (TPSA) is 137 Å². The maximum absolute atomic E-state index is 13.2. The van der Waals surface area contributed by atoms with Crippen LogP contribution >= 0.6 is 23.2 Å². The van der Waals surface area contributed by atoms with Crippen LogP contribution in [0.3, 0.4) is 0 Å². The summed E-state index contributed by atoms with van der Waals surface area (Å²) in [6.07, 6.45) is -2.26. The SMILES string of the molecule is Cc1cc(-c2cc(C(N)=O)ccc2Cl)cnc1N(C(=O)c1c(C)cccc1Cl)C(O)(O)O. The van der Waals surface area contributed by atoms with Crippen LogP contribution in [0.15, 0.2) is 48.7 Å². The number of aromatic nitrogens is 1. The zero-order valence-corrected chi connectivity index (χ0v) is 18.5. The van der Waals surface area contributed by atoms with Gasteiger partial charge in [-0.3, -0.25) is 9.59 Å². The van der Waals surface area contributed by atoms with Gasteiger partial charge in [0.1, 0.15) is 5.82 Å². The molecule has 1 heterocycles. The summed E-state index contributed by atoms with van der Waals surface area (Å²) in [6, 6.07) is 10.7. The van der Waals surface area contributed by atoms with Gasteiger partial charge in [-0.2, -0.15) is 0 Å². The van der Waals surface area contributed by atoms with Crippen molar-refractivity contribution in [2.45, 2.75) is 19.9 Å². The normalized spacial score (nSPS) is 11.3. The lowest BCUT2D eigenvalue weighted by molar-refractivity contribution is -0.304. The number of pyridine rings is 1. The first kappa shape index (κ1) is 23.6. The monoisotopic (exact) mass is 475 g/mol. The summed E-state index contributed by atoms with van der Waals surface area (Å²) >= 11 is 12.4. The molecule has 5 N–H and O–H groups in total. The Hall–Kier alpha value is -3.01. The number of nitrogens with zero attached hydrogens (tertiary/aromatic N) is 2. The Kier molecular flexibility index (Phi) is 6.54. The molecular weight excluding hydrogens is 457 g/mol. The van der Waals surface area contributed by atoms with Gasteiger partial charge in [0.05, 0.1) is 10.6 Å². The zero-order chi connectivity index (χ0) is 23.8. The molecule has 1 aromatic heterocycles. The highest BCUT2D eigenvalue weighted by molar-refractivity contribution is 6.35. The molecule has 3 aromatic rings. The predicted octanol–water partition coefficient (Wildman–Crippen LogP) is 3.01. The van der Waals surface area contributed by atoms with E-state index in [2.05, 4.69) is 4.98 Å². The van der Waals surface area contributed by atoms with E-state index in [1.165, 1.54) is 30.5 Å². The summed E-state index contributed by atoms with van der Waals surface area (Å²) in [5.74, 6) is -1.84. The largest absolute Gasteiger partial charge is 0.377 e. The van der Waals surface area contributed by atoms with Crippen LogP contribution in [0.5, 0.6) is 0 Å². The van der Waals surface area contributed by atoms with Gasteiger partial charge in [-0.1, -0.05) is 35.3 Å². The Bertz CT molecular complexity index is 1200. The molecule has 0 saturated carbocycles. The molecule has 2 amide bonds. The molecule has 2 aromatic carbocycles. The molecule has 3 rings (SSSR count). The van der Waals surface area contributed by atoms with E-state index in [4.69, 9.17) is 28.9 Å². The molecule has 0 spiro atoms. The molecule has 0 aliphatic rings. The third kappa shape index (κ3) is 4.59. The average Bonchev–Trinajstić information content (AvgIpc) is 2.68. The van der Waals surface area contributed by atoms with E-state index < -0.39 is 17.9 Å². The van der Waals surface area contributed by atoms with E-state index in [-0.39, 0.29) is 22.0 Å². The Balaban J connectivity index is 2.12. The van der Waals surface area contributed by atoms with Crippen molar-refractivity contribution < 1.29 is 24.9 Å². The number of benzene rings is 2. The molecule has 0 saturated heterocycles. The summed E-state index contributed by atoms with van der Waals surface area (Å²) in [6.45, 7) is 3.16. The first-order chi connectivity index (χ1) is 14.9. The summed E-state index contributed by atoms with van der Waals surface area (Å²) < 4.78 is 0. The minimum atomic E-state index is -3.56. The first-order valence-corrected chi connectivity index (χ1v) is 10.0. The standard InChI is InChI=1S/C22H19Cl2N3O5/c1-11-4-3-5-17(24)18(11)21(29)27(22(30,31)32)20-12(2)8-14(10-26-20)15-9-13(19(25)28)6-7-16(15)23/h3-10,30-32H,1-2H3,(H2,25,28). The lowest BCUT2D eigenvalue weighted by Gasteiger charge is -2.31. The number of aliphatic hydroxyl groups is 3. The van der Waals surface area contributed by atoms with Crippen LogP contribution in [0.25, 0.3) is 11.1 Å². The quantitative estimate of drug-likeness (QED) is 0.418. The zero-order valence-electron chi connectivity index (χ0n) is 17.0. The summed E-state index contributed by atoms with van der Waals surface area (Å²) in [4.78, 5) is 29.1. The molecule has 10 heteroatoms. The van der Waals surface area contributed by atoms with Crippen LogP contribution in [-0.2, 0) is 0 Å². The molecule has 0 bridgehead atoms. The van der Waals surface area contributed by atoms with Crippen LogP contribution in [0.4, 0.5) is 5.82 Å². The number of hydrogen-bond donors (Lipinski definition) is 4. The Morgan fingerprint density at radius 3 is 2.25 bits per heavy atom. The second kappa shape index (κ2) is 8.85. The molecule has 166 valence electrons. The van der Waals surface area contributed by atoms with Crippen molar-refractivity contribution in [2.24, 2.45) is 5.73 Å². The fourth-order valence-electron chi connectivity index (χ4n) is 3.24. The Morgan fingerprint density at radius 2 is 1.69 bits per heavy atom. The van der Waals surface area contributed by atoms with E-state index >= 15 is 0 Å². The van der Waals surface area contributed by atoms with Crippen LogP contribution in [0, 0.1) is 13.8 Å². The number of anilines is 1. The maximum atomic E-state index is 13.2. The molecule has 8 nitrogen and oxygen atoms in total.